The minimum Gasteiger partial charge on any atom is -0.459 e. The minimum absolute atomic E-state index is 0.0392. The van der Waals surface area contributed by atoms with Crippen LogP contribution in [0.4, 0.5) is 0 Å². The molecule has 202 valence electrons. The maximum atomic E-state index is 13.1. The second-order valence-electron chi connectivity index (χ2n) is 9.93. The van der Waals surface area contributed by atoms with E-state index in [4.69, 9.17) is 19.3 Å². The zero-order valence-electron chi connectivity index (χ0n) is 21.7. The van der Waals surface area contributed by atoms with E-state index in [0.717, 1.165) is 19.4 Å². The fourth-order valence-electron chi connectivity index (χ4n) is 5.57. The molecule has 2 N–H and O–H groups in total. The summed E-state index contributed by atoms with van der Waals surface area (Å²) in [7, 11) is 0. The molecule has 0 aromatic heterocycles. The molecule has 2 aromatic rings. The van der Waals surface area contributed by atoms with Gasteiger partial charge in [-0.15, -0.1) is 0 Å². The van der Waals surface area contributed by atoms with Crippen molar-refractivity contribution in [3.8, 4) is 11.1 Å². The van der Waals surface area contributed by atoms with Crippen LogP contribution in [0.25, 0.3) is 11.1 Å². The molecule has 1 aliphatic carbocycles. The second-order valence-corrected chi connectivity index (χ2v) is 9.93. The fourth-order valence-corrected chi connectivity index (χ4v) is 5.57. The molecule has 2 aromatic carbocycles. The van der Waals surface area contributed by atoms with Gasteiger partial charge in [0.25, 0.3) is 5.91 Å². The molecule has 0 bridgehead atoms. The molecule has 38 heavy (non-hydrogen) atoms. The molecule has 2 amide bonds. The summed E-state index contributed by atoms with van der Waals surface area (Å²) in [6.07, 6.45) is 5.00. The molecule has 1 fully saturated rings. The molecule has 2 unspecified atom stereocenters. The molecule has 5 rings (SSSR count). The maximum Gasteiger partial charge on any atom is 0.286 e. The number of rotatable bonds is 12. The number of fused-ring (bicyclic) bond motifs is 3. The molecular formula is C30H36N2O6. The summed E-state index contributed by atoms with van der Waals surface area (Å²) in [5, 5.41) is 11.9. The molecule has 0 spiro atoms. The number of amides is 2. The normalized spacial score (nSPS) is 20.1. The summed E-state index contributed by atoms with van der Waals surface area (Å²) in [5.41, 5.74) is 6.30. The zero-order chi connectivity index (χ0) is 26.3. The van der Waals surface area contributed by atoms with Crippen LogP contribution in [0.15, 0.2) is 54.3 Å². The van der Waals surface area contributed by atoms with Crippen LogP contribution in [0, 0.1) is 0 Å². The van der Waals surface area contributed by atoms with Crippen molar-refractivity contribution >= 4 is 11.8 Å². The average molecular weight is 521 g/mol. The number of hydrogen-bond acceptors (Lipinski definition) is 6. The zero-order valence-corrected chi connectivity index (χ0v) is 21.7. The van der Waals surface area contributed by atoms with Crippen LogP contribution in [-0.2, 0) is 30.2 Å². The largest absolute Gasteiger partial charge is 0.459 e. The quantitative estimate of drug-likeness (QED) is 0.356. The molecule has 3 aliphatic rings. The lowest BCUT2D eigenvalue weighted by molar-refractivity contribution is -0.151. The first-order chi connectivity index (χ1) is 18.6. The molecule has 2 heterocycles. The number of carbonyl (C=O) groups excluding carboxylic acids is 2. The summed E-state index contributed by atoms with van der Waals surface area (Å²) in [4.78, 5) is 26.8. The van der Waals surface area contributed by atoms with Crippen molar-refractivity contribution in [1.29, 1.82) is 0 Å². The number of benzene rings is 2. The van der Waals surface area contributed by atoms with Crippen LogP contribution in [-0.4, -0.2) is 74.2 Å². The Balaban J connectivity index is 1.28. The number of aliphatic hydroxyl groups excluding tert-OH is 1. The van der Waals surface area contributed by atoms with Crippen molar-refractivity contribution in [2.24, 2.45) is 0 Å². The summed E-state index contributed by atoms with van der Waals surface area (Å²) in [6.45, 7) is 2.76. The van der Waals surface area contributed by atoms with Crippen molar-refractivity contribution in [3.05, 3.63) is 71.0 Å². The van der Waals surface area contributed by atoms with Gasteiger partial charge in [-0.1, -0.05) is 42.5 Å². The van der Waals surface area contributed by atoms with Gasteiger partial charge in [0.2, 0.25) is 12.2 Å². The highest BCUT2D eigenvalue weighted by molar-refractivity contribution is 5.91. The van der Waals surface area contributed by atoms with E-state index in [9.17, 15) is 9.59 Å². The first-order valence-corrected chi connectivity index (χ1v) is 13.6. The predicted octanol–water partition coefficient (Wildman–Crippen LogP) is 3.13. The van der Waals surface area contributed by atoms with Crippen LogP contribution >= 0.6 is 0 Å². The van der Waals surface area contributed by atoms with E-state index in [0.29, 0.717) is 45.6 Å². The van der Waals surface area contributed by atoms with Gasteiger partial charge < -0.3 is 29.5 Å². The number of likely N-dealkylation sites (tertiary alicyclic amines) is 1. The van der Waals surface area contributed by atoms with E-state index in [-0.39, 0.29) is 36.7 Å². The van der Waals surface area contributed by atoms with Crippen LogP contribution in [0.1, 0.15) is 48.3 Å². The van der Waals surface area contributed by atoms with Gasteiger partial charge in [-0.25, -0.2) is 0 Å². The van der Waals surface area contributed by atoms with Gasteiger partial charge in [-0.2, -0.15) is 0 Å². The molecule has 0 radical (unpaired) electrons. The van der Waals surface area contributed by atoms with Gasteiger partial charge in [-0.3, -0.25) is 9.59 Å². The highest BCUT2D eigenvalue weighted by atomic mass is 16.7. The number of nitrogens with zero attached hydrogens (tertiary/aromatic N) is 1. The van der Waals surface area contributed by atoms with Crippen LogP contribution < -0.4 is 5.32 Å². The topological polar surface area (TPSA) is 97.3 Å². The Morgan fingerprint density at radius 2 is 1.97 bits per heavy atom. The third-order valence-corrected chi connectivity index (χ3v) is 7.40. The Labute approximate surface area is 223 Å². The molecule has 2 aliphatic heterocycles. The maximum absolute atomic E-state index is 13.1. The molecule has 8 nitrogen and oxygen atoms in total. The van der Waals surface area contributed by atoms with Gasteiger partial charge >= 0.3 is 0 Å². The smallest absolute Gasteiger partial charge is 0.286 e. The van der Waals surface area contributed by atoms with Gasteiger partial charge in [0.1, 0.15) is 0 Å². The standard InChI is InChI=1S/C30H36N2O6/c33-14-15-36-16-17-37-29-20-22(24-8-3-9-25-23-7-2-1-6-21(23)18-26(24)25)19-27(38-29)30(35)31-11-5-13-32-12-4-10-28(32)34/h1-3,6-9,19,22,29,33H,4-5,10-18,20H2,(H,31,35). The Bertz CT molecular complexity index is 1180. The third-order valence-electron chi connectivity index (χ3n) is 7.40. The SMILES string of the molecule is O=C(NCCCN1CCCC1=O)C1=CC(c2cccc3c2Cc2ccccc2-3)CC(OCCOCCO)O1. The first-order valence-electron chi connectivity index (χ1n) is 13.6. The molecular weight excluding hydrogens is 484 g/mol. The lowest BCUT2D eigenvalue weighted by atomic mass is 9.87. The highest BCUT2D eigenvalue weighted by Gasteiger charge is 2.32. The number of aliphatic hydroxyl groups is 1. The number of nitrogens with one attached hydrogen (secondary N) is 1. The Kier molecular flexibility index (Phi) is 8.73. The molecule has 8 heteroatoms. The lowest BCUT2D eigenvalue weighted by Gasteiger charge is -2.30. The van der Waals surface area contributed by atoms with Crippen molar-refractivity contribution in [2.45, 2.75) is 44.3 Å². The number of ether oxygens (including phenoxy) is 3. The summed E-state index contributed by atoms with van der Waals surface area (Å²) in [5.74, 6) is 0.133. The van der Waals surface area contributed by atoms with E-state index < -0.39 is 6.29 Å². The molecule has 0 saturated carbocycles. The van der Waals surface area contributed by atoms with Gasteiger partial charge in [0, 0.05) is 38.4 Å². The van der Waals surface area contributed by atoms with Crippen LogP contribution in [0.5, 0.6) is 0 Å². The van der Waals surface area contributed by atoms with E-state index in [1.807, 2.05) is 11.0 Å². The van der Waals surface area contributed by atoms with E-state index in [1.165, 1.54) is 27.8 Å². The second kappa shape index (κ2) is 12.6. The van der Waals surface area contributed by atoms with Crippen LogP contribution in [0.3, 0.4) is 0 Å². The third kappa shape index (κ3) is 6.09. The monoisotopic (exact) mass is 520 g/mol. The van der Waals surface area contributed by atoms with E-state index in [1.54, 1.807) is 0 Å². The molecule has 2 atom stereocenters. The summed E-state index contributed by atoms with van der Waals surface area (Å²) < 4.78 is 17.3. The van der Waals surface area contributed by atoms with Crippen molar-refractivity contribution in [2.75, 3.05) is 46.1 Å². The average Bonchev–Trinajstić information content (AvgIpc) is 3.53. The van der Waals surface area contributed by atoms with Crippen molar-refractivity contribution in [3.63, 3.8) is 0 Å². The highest BCUT2D eigenvalue weighted by Crippen LogP contribution is 2.42. The predicted molar refractivity (Wildman–Crippen MR) is 142 cm³/mol. The lowest BCUT2D eigenvalue weighted by Crippen LogP contribution is -2.35. The van der Waals surface area contributed by atoms with E-state index in [2.05, 4.69) is 47.8 Å². The minimum atomic E-state index is -0.592. The van der Waals surface area contributed by atoms with Gasteiger partial charge in [0.15, 0.2) is 5.76 Å². The Hall–Kier alpha value is -3.20. The van der Waals surface area contributed by atoms with Gasteiger partial charge in [-0.05, 0) is 53.2 Å². The van der Waals surface area contributed by atoms with Gasteiger partial charge in [0.05, 0.1) is 26.4 Å². The molecule has 1 saturated heterocycles. The number of allylic oxidation sites excluding steroid dienone is 1. The first kappa shape index (κ1) is 26.4. The van der Waals surface area contributed by atoms with Crippen molar-refractivity contribution in [1.82, 2.24) is 10.2 Å². The fraction of sp³-hybridized carbons (Fsp3) is 0.467. The number of hydrogen-bond donors (Lipinski definition) is 2. The van der Waals surface area contributed by atoms with Crippen LogP contribution in [0.2, 0.25) is 0 Å². The van der Waals surface area contributed by atoms with Crippen molar-refractivity contribution < 1.29 is 28.9 Å². The summed E-state index contributed by atoms with van der Waals surface area (Å²) >= 11 is 0. The summed E-state index contributed by atoms with van der Waals surface area (Å²) in [6, 6.07) is 14.9. The Morgan fingerprint density at radius 3 is 2.82 bits per heavy atom. The Morgan fingerprint density at radius 1 is 1.11 bits per heavy atom. The number of carbonyl (C=O) groups is 2. The van der Waals surface area contributed by atoms with E-state index >= 15 is 0 Å².